The molecule has 0 spiro atoms. The number of aryl methyl sites for hydroxylation is 1. The summed E-state index contributed by atoms with van der Waals surface area (Å²) in [5.74, 6) is -0.0222. The number of amides is 1. The molecule has 6 nitrogen and oxygen atoms in total. The molecule has 28 heavy (non-hydrogen) atoms. The smallest absolute Gasteiger partial charge is 0.243 e. The predicted molar refractivity (Wildman–Crippen MR) is 111 cm³/mol. The van der Waals surface area contributed by atoms with Crippen molar-refractivity contribution in [2.24, 2.45) is 0 Å². The molecule has 1 aliphatic rings. The summed E-state index contributed by atoms with van der Waals surface area (Å²) in [7, 11) is 0.198. The molecule has 2 aromatic carbocycles. The Morgan fingerprint density at radius 2 is 1.75 bits per heavy atom. The van der Waals surface area contributed by atoms with Crippen LogP contribution in [0.25, 0.3) is 0 Å². The van der Waals surface area contributed by atoms with Crippen LogP contribution in [0, 0.1) is 0 Å². The van der Waals surface area contributed by atoms with Crippen molar-refractivity contribution in [2.45, 2.75) is 30.7 Å². The molecule has 0 bridgehead atoms. The van der Waals surface area contributed by atoms with Crippen LogP contribution in [0.4, 0.5) is 5.69 Å². The maximum atomic E-state index is 13.4. The molecule has 0 saturated carbocycles. The maximum Gasteiger partial charge on any atom is 0.243 e. The molecule has 0 aliphatic carbocycles. The summed E-state index contributed by atoms with van der Waals surface area (Å²) in [4.78, 5) is 14.0. The number of sulfonamides is 1. The van der Waals surface area contributed by atoms with Crippen molar-refractivity contribution < 1.29 is 13.2 Å². The molecular weight excluding hydrogens is 374 g/mol. The van der Waals surface area contributed by atoms with Crippen LogP contribution in [0.1, 0.15) is 24.0 Å². The van der Waals surface area contributed by atoms with Gasteiger partial charge in [-0.3, -0.25) is 4.79 Å². The summed E-state index contributed by atoms with van der Waals surface area (Å²) in [6.45, 7) is 1.36. The van der Waals surface area contributed by atoms with E-state index in [2.05, 4.69) is 5.32 Å². The fourth-order valence-electron chi connectivity index (χ4n) is 3.24. The minimum Gasteiger partial charge on any atom is -0.326 e. The van der Waals surface area contributed by atoms with Gasteiger partial charge in [0.25, 0.3) is 0 Å². The molecule has 3 rings (SSSR count). The van der Waals surface area contributed by atoms with E-state index >= 15 is 0 Å². The van der Waals surface area contributed by atoms with E-state index in [1.165, 1.54) is 4.31 Å². The van der Waals surface area contributed by atoms with E-state index in [0.717, 1.165) is 17.5 Å². The largest absolute Gasteiger partial charge is 0.326 e. The van der Waals surface area contributed by atoms with Gasteiger partial charge in [-0.25, -0.2) is 8.42 Å². The zero-order valence-corrected chi connectivity index (χ0v) is 17.2. The van der Waals surface area contributed by atoms with Crippen molar-refractivity contribution in [1.29, 1.82) is 0 Å². The Balaban J connectivity index is 1.91. The van der Waals surface area contributed by atoms with Crippen molar-refractivity contribution >= 4 is 21.6 Å². The highest BCUT2D eigenvalue weighted by Crippen LogP contribution is 2.27. The molecule has 0 atom stereocenters. The van der Waals surface area contributed by atoms with E-state index in [4.69, 9.17) is 0 Å². The van der Waals surface area contributed by atoms with Gasteiger partial charge in [-0.15, -0.1) is 0 Å². The van der Waals surface area contributed by atoms with Crippen molar-refractivity contribution in [3.05, 3.63) is 59.7 Å². The average Bonchev–Trinajstić information content (AvgIpc) is 2.85. The van der Waals surface area contributed by atoms with Gasteiger partial charge in [0.05, 0.1) is 4.90 Å². The summed E-state index contributed by atoms with van der Waals surface area (Å²) < 4.78 is 28.3. The second-order valence-electron chi connectivity index (χ2n) is 7.35. The van der Waals surface area contributed by atoms with E-state index in [-0.39, 0.29) is 10.8 Å². The number of rotatable bonds is 7. The number of anilines is 1. The molecule has 1 N–H and O–H groups in total. The van der Waals surface area contributed by atoms with Gasteiger partial charge in [-0.2, -0.15) is 4.31 Å². The molecule has 0 unspecified atom stereocenters. The zero-order valence-electron chi connectivity index (χ0n) is 16.4. The van der Waals surface area contributed by atoms with Gasteiger partial charge in [-0.1, -0.05) is 30.3 Å². The number of hydrogen-bond acceptors (Lipinski definition) is 4. The highest BCUT2D eigenvalue weighted by atomic mass is 32.2. The molecule has 7 heteroatoms. The minimum atomic E-state index is -3.66. The first kappa shape index (κ1) is 20.5. The second-order valence-corrected chi connectivity index (χ2v) is 9.29. The van der Waals surface area contributed by atoms with E-state index in [1.807, 2.05) is 49.3 Å². The predicted octanol–water partition coefficient (Wildman–Crippen LogP) is 2.71. The monoisotopic (exact) mass is 401 g/mol. The van der Waals surface area contributed by atoms with Gasteiger partial charge >= 0.3 is 0 Å². The van der Waals surface area contributed by atoms with Gasteiger partial charge in [-0.05, 0) is 56.3 Å². The normalized spacial score (nSPS) is 14.6. The lowest BCUT2D eigenvalue weighted by atomic mass is 10.1. The quantitative estimate of drug-likeness (QED) is 0.775. The number of fused-ring (bicyclic) bond motifs is 1. The van der Waals surface area contributed by atoms with Gasteiger partial charge in [0.15, 0.2) is 0 Å². The fourth-order valence-corrected chi connectivity index (χ4v) is 4.71. The third kappa shape index (κ3) is 4.98. The number of benzene rings is 2. The van der Waals surface area contributed by atoms with Crippen LogP contribution in [0.2, 0.25) is 0 Å². The lowest BCUT2D eigenvalue weighted by Gasteiger charge is -2.24. The second kappa shape index (κ2) is 8.86. The standard InChI is InChI=1S/C21H27N3O3S/c1-23(2)13-14-24(16-17-7-4-3-5-8-17)28(26,27)19-11-12-20-18(15-19)9-6-10-21(25)22-20/h3-5,7-8,11-12,15H,6,9-10,13-14,16H2,1-2H3,(H,22,25). The SMILES string of the molecule is CN(C)CCN(Cc1ccccc1)S(=O)(=O)c1ccc2c(c1)CCCC(=O)N2. The third-order valence-corrected chi connectivity index (χ3v) is 6.68. The number of nitrogens with one attached hydrogen (secondary N) is 1. The van der Waals surface area contributed by atoms with E-state index in [9.17, 15) is 13.2 Å². The summed E-state index contributed by atoms with van der Waals surface area (Å²) >= 11 is 0. The van der Waals surface area contributed by atoms with Crippen LogP contribution in [-0.2, 0) is 27.8 Å². The summed E-state index contributed by atoms with van der Waals surface area (Å²) in [5, 5.41) is 2.86. The Hall–Kier alpha value is -2.22. The van der Waals surface area contributed by atoms with Crippen LogP contribution in [-0.4, -0.2) is 50.7 Å². The number of nitrogens with zero attached hydrogens (tertiary/aromatic N) is 2. The molecular formula is C21H27N3O3S. The van der Waals surface area contributed by atoms with Gasteiger partial charge in [0.2, 0.25) is 15.9 Å². The summed E-state index contributed by atoms with van der Waals surface area (Å²) in [6, 6.07) is 14.6. The molecule has 0 fully saturated rings. The number of carbonyl (C=O) groups excluding carboxylic acids is 1. The van der Waals surface area contributed by atoms with Crippen LogP contribution < -0.4 is 5.32 Å². The number of hydrogen-bond donors (Lipinski definition) is 1. The highest BCUT2D eigenvalue weighted by Gasteiger charge is 2.26. The van der Waals surface area contributed by atoms with Gasteiger partial charge in [0.1, 0.15) is 0 Å². The highest BCUT2D eigenvalue weighted by molar-refractivity contribution is 7.89. The average molecular weight is 402 g/mol. The van der Waals surface area contributed by atoms with Crippen LogP contribution in [0.15, 0.2) is 53.4 Å². The molecule has 150 valence electrons. The first-order valence-electron chi connectivity index (χ1n) is 9.48. The van der Waals surface area contributed by atoms with Crippen LogP contribution in [0.5, 0.6) is 0 Å². The molecule has 1 heterocycles. The fraction of sp³-hybridized carbons (Fsp3) is 0.381. The molecule has 0 radical (unpaired) electrons. The minimum absolute atomic E-state index is 0.0222. The van der Waals surface area contributed by atoms with Crippen LogP contribution >= 0.6 is 0 Å². The molecule has 1 amide bonds. The molecule has 2 aromatic rings. The molecule has 0 saturated heterocycles. The number of likely N-dealkylation sites (N-methyl/N-ethyl adjacent to an activating group) is 1. The zero-order chi connectivity index (χ0) is 20.1. The Morgan fingerprint density at radius 1 is 1.00 bits per heavy atom. The third-order valence-electron chi connectivity index (χ3n) is 4.84. The molecule has 1 aliphatic heterocycles. The maximum absolute atomic E-state index is 13.4. The topological polar surface area (TPSA) is 69.7 Å². The summed E-state index contributed by atoms with van der Waals surface area (Å²) in [5.41, 5.74) is 2.54. The van der Waals surface area contributed by atoms with E-state index in [0.29, 0.717) is 38.2 Å². The Labute approximate surface area is 167 Å². The lowest BCUT2D eigenvalue weighted by molar-refractivity contribution is -0.116. The van der Waals surface area contributed by atoms with Gasteiger partial charge in [0, 0.05) is 31.7 Å². The lowest BCUT2D eigenvalue weighted by Crippen LogP contribution is -2.36. The molecule has 0 aromatic heterocycles. The van der Waals surface area contributed by atoms with E-state index < -0.39 is 10.0 Å². The Bertz CT molecular complexity index is 927. The van der Waals surface area contributed by atoms with Crippen molar-refractivity contribution in [3.8, 4) is 0 Å². The van der Waals surface area contributed by atoms with Crippen molar-refractivity contribution in [3.63, 3.8) is 0 Å². The first-order chi connectivity index (χ1) is 13.4. The Morgan fingerprint density at radius 3 is 2.46 bits per heavy atom. The first-order valence-corrected chi connectivity index (χ1v) is 10.9. The van der Waals surface area contributed by atoms with Gasteiger partial charge < -0.3 is 10.2 Å². The van der Waals surface area contributed by atoms with Crippen molar-refractivity contribution in [2.75, 3.05) is 32.5 Å². The van der Waals surface area contributed by atoms with Crippen molar-refractivity contribution in [1.82, 2.24) is 9.21 Å². The summed E-state index contributed by atoms with van der Waals surface area (Å²) in [6.07, 6.45) is 1.87. The van der Waals surface area contributed by atoms with E-state index in [1.54, 1.807) is 18.2 Å². The number of carbonyl (C=O) groups is 1. The Kier molecular flexibility index (Phi) is 6.49. The van der Waals surface area contributed by atoms with Crippen LogP contribution in [0.3, 0.4) is 0 Å².